The smallest absolute Gasteiger partial charge is 0.165 e. The molecule has 0 saturated heterocycles. The lowest BCUT2D eigenvalue weighted by molar-refractivity contribution is 0.0939. The number of rotatable bonds is 4. The van der Waals surface area contributed by atoms with Crippen molar-refractivity contribution in [1.29, 1.82) is 0 Å². The Labute approximate surface area is 91.8 Å². The van der Waals surface area contributed by atoms with Crippen molar-refractivity contribution >= 4 is 16.9 Å². The standard InChI is InChI=1S/C11H14O3S/c1-8(2)11(12)10-5-3-9(4-6-10)7-15(13)14/h3-6,8H,7H2,1-2H3,(H,13,14). The van der Waals surface area contributed by atoms with Gasteiger partial charge in [-0.25, -0.2) is 4.21 Å². The van der Waals surface area contributed by atoms with Crippen molar-refractivity contribution in [3.05, 3.63) is 35.4 Å². The molecule has 0 saturated carbocycles. The Hall–Kier alpha value is -1.00. The van der Waals surface area contributed by atoms with Crippen molar-refractivity contribution in [1.82, 2.24) is 0 Å². The quantitative estimate of drug-likeness (QED) is 0.632. The predicted octanol–water partition coefficient (Wildman–Crippen LogP) is 2.25. The molecule has 15 heavy (non-hydrogen) atoms. The number of benzene rings is 1. The lowest BCUT2D eigenvalue weighted by Crippen LogP contribution is -2.07. The maximum atomic E-state index is 11.6. The molecular formula is C11H14O3S. The minimum Gasteiger partial charge on any atom is -0.306 e. The van der Waals surface area contributed by atoms with Gasteiger partial charge in [-0.15, -0.1) is 0 Å². The van der Waals surface area contributed by atoms with E-state index in [1.54, 1.807) is 24.3 Å². The molecule has 0 aliphatic carbocycles. The van der Waals surface area contributed by atoms with Gasteiger partial charge in [-0.05, 0) is 5.56 Å². The molecule has 0 fully saturated rings. The van der Waals surface area contributed by atoms with Crippen molar-refractivity contribution in [3.63, 3.8) is 0 Å². The van der Waals surface area contributed by atoms with Crippen molar-refractivity contribution in [2.75, 3.05) is 0 Å². The zero-order valence-corrected chi connectivity index (χ0v) is 9.58. The van der Waals surface area contributed by atoms with E-state index in [4.69, 9.17) is 4.55 Å². The highest BCUT2D eigenvalue weighted by atomic mass is 32.2. The van der Waals surface area contributed by atoms with Gasteiger partial charge >= 0.3 is 0 Å². The lowest BCUT2D eigenvalue weighted by atomic mass is 10.0. The number of carbonyl (C=O) groups excluding carboxylic acids is 1. The number of hydrogen-bond donors (Lipinski definition) is 1. The Morgan fingerprint density at radius 1 is 1.33 bits per heavy atom. The third kappa shape index (κ3) is 3.57. The fraction of sp³-hybridized carbons (Fsp3) is 0.364. The van der Waals surface area contributed by atoms with Gasteiger partial charge in [0, 0.05) is 11.5 Å². The molecule has 0 radical (unpaired) electrons. The maximum absolute atomic E-state index is 11.6. The fourth-order valence-corrected chi connectivity index (χ4v) is 1.72. The summed E-state index contributed by atoms with van der Waals surface area (Å²) in [6, 6.07) is 6.82. The van der Waals surface area contributed by atoms with Crippen LogP contribution in [0.4, 0.5) is 0 Å². The van der Waals surface area contributed by atoms with Gasteiger partial charge in [-0.3, -0.25) is 4.79 Å². The molecule has 1 atom stereocenters. The summed E-state index contributed by atoms with van der Waals surface area (Å²) in [6.07, 6.45) is 0. The van der Waals surface area contributed by atoms with E-state index in [1.807, 2.05) is 13.8 Å². The molecule has 1 unspecified atom stereocenters. The highest BCUT2D eigenvalue weighted by Gasteiger charge is 2.09. The molecule has 0 amide bonds. The van der Waals surface area contributed by atoms with E-state index in [1.165, 1.54) is 0 Å². The predicted molar refractivity (Wildman–Crippen MR) is 60.1 cm³/mol. The zero-order valence-electron chi connectivity index (χ0n) is 8.77. The average Bonchev–Trinajstić information content (AvgIpc) is 2.17. The van der Waals surface area contributed by atoms with Crippen LogP contribution in [0.2, 0.25) is 0 Å². The summed E-state index contributed by atoms with van der Waals surface area (Å²) in [5.74, 6) is 0.172. The number of hydrogen-bond acceptors (Lipinski definition) is 2. The summed E-state index contributed by atoms with van der Waals surface area (Å²) < 4.78 is 19.2. The maximum Gasteiger partial charge on any atom is 0.165 e. The van der Waals surface area contributed by atoms with Crippen molar-refractivity contribution in [3.8, 4) is 0 Å². The van der Waals surface area contributed by atoms with Crippen LogP contribution in [-0.4, -0.2) is 14.5 Å². The number of carbonyl (C=O) groups is 1. The Bertz CT molecular complexity index is 368. The van der Waals surface area contributed by atoms with Crippen LogP contribution in [0.1, 0.15) is 29.8 Å². The van der Waals surface area contributed by atoms with Gasteiger partial charge in [-0.1, -0.05) is 38.1 Å². The van der Waals surface area contributed by atoms with Crippen molar-refractivity contribution in [2.45, 2.75) is 19.6 Å². The van der Waals surface area contributed by atoms with Crippen LogP contribution < -0.4 is 0 Å². The van der Waals surface area contributed by atoms with E-state index < -0.39 is 11.1 Å². The molecule has 0 aliphatic rings. The molecule has 1 N–H and O–H groups in total. The molecule has 0 aliphatic heterocycles. The van der Waals surface area contributed by atoms with Crippen LogP contribution in [0.15, 0.2) is 24.3 Å². The summed E-state index contributed by atoms with van der Waals surface area (Å²) in [5, 5.41) is 0. The molecule has 0 bridgehead atoms. The second-order valence-electron chi connectivity index (χ2n) is 3.68. The third-order valence-electron chi connectivity index (χ3n) is 2.05. The number of ketones is 1. The molecule has 1 rings (SSSR count). The van der Waals surface area contributed by atoms with E-state index in [0.29, 0.717) is 5.56 Å². The monoisotopic (exact) mass is 226 g/mol. The minimum absolute atomic E-state index is 0.0252. The van der Waals surface area contributed by atoms with Gasteiger partial charge in [0.15, 0.2) is 16.9 Å². The normalized spacial score (nSPS) is 12.8. The summed E-state index contributed by atoms with van der Waals surface area (Å²) >= 11 is -1.83. The summed E-state index contributed by atoms with van der Waals surface area (Å²) in [7, 11) is 0. The molecule has 0 spiro atoms. The van der Waals surface area contributed by atoms with Gasteiger partial charge in [-0.2, -0.15) is 0 Å². The Morgan fingerprint density at radius 2 is 1.87 bits per heavy atom. The first-order valence-corrected chi connectivity index (χ1v) is 5.99. The van der Waals surface area contributed by atoms with Crippen LogP contribution in [0.3, 0.4) is 0 Å². The minimum atomic E-state index is -1.83. The molecule has 4 heteroatoms. The first-order valence-electron chi connectivity index (χ1n) is 4.71. The fourth-order valence-electron chi connectivity index (χ4n) is 1.24. The van der Waals surface area contributed by atoms with Crippen LogP contribution in [0.5, 0.6) is 0 Å². The highest BCUT2D eigenvalue weighted by molar-refractivity contribution is 7.78. The first-order chi connectivity index (χ1) is 7.00. The van der Waals surface area contributed by atoms with Crippen molar-refractivity contribution < 1.29 is 13.6 Å². The highest BCUT2D eigenvalue weighted by Crippen LogP contribution is 2.10. The van der Waals surface area contributed by atoms with Crippen LogP contribution >= 0.6 is 0 Å². The van der Waals surface area contributed by atoms with Gasteiger partial charge < -0.3 is 4.55 Å². The number of Topliss-reactive ketones (excluding diaryl/α,β-unsaturated/α-hetero) is 1. The average molecular weight is 226 g/mol. The van der Waals surface area contributed by atoms with E-state index in [9.17, 15) is 9.00 Å². The van der Waals surface area contributed by atoms with Gasteiger partial charge in [0.05, 0.1) is 5.75 Å². The molecule has 82 valence electrons. The molecule has 0 aromatic heterocycles. The van der Waals surface area contributed by atoms with Gasteiger partial charge in [0.25, 0.3) is 0 Å². The first kappa shape index (κ1) is 12.1. The lowest BCUT2D eigenvalue weighted by Gasteiger charge is -2.04. The van der Waals surface area contributed by atoms with Crippen LogP contribution in [0, 0.1) is 5.92 Å². The second-order valence-corrected chi connectivity index (χ2v) is 4.61. The van der Waals surface area contributed by atoms with E-state index in [2.05, 4.69) is 0 Å². The third-order valence-corrected chi connectivity index (χ3v) is 2.63. The van der Waals surface area contributed by atoms with Gasteiger partial charge in [0.1, 0.15) is 0 Å². The summed E-state index contributed by atoms with van der Waals surface area (Å²) in [6.45, 7) is 3.69. The largest absolute Gasteiger partial charge is 0.306 e. The van der Waals surface area contributed by atoms with Crippen LogP contribution in [-0.2, 0) is 16.8 Å². The molecule has 1 aromatic carbocycles. The summed E-state index contributed by atoms with van der Waals surface area (Å²) in [5.41, 5.74) is 1.41. The topological polar surface area (TPSA) is 54.4 Å². The van der Waals surface area contributed by atoms with Crippen LogP contribution in [0.25, 0.3) is 0 Å². The van der Waals surface area contributed by atoms with Crippen molar-refractivity contribution in [2.24, 2.45) is 5.92 Å². The Balaban J connectivity index is 2.81. The molecule has 1 aromatic rings. The SMILES string of the molecule is CC(C)C(=O)c1ccc(CS(=O)O)cc1. The summed E-state index contributed by atoms with van der Waals surface area (Å²) in [4.78, 5) is 11.6. The van der Waals surface area contributed by atoms with E-state index in [0.717, 1.165) is 5.56 Å². The molecule has 3 nitrogen and oxygen atoms in total. The zero-order chi connectivity index (χ0) is 11.4. The second kappa shape index (κ2) is 5.19. The van der Waals surface area contributed by atoms with E-state index in [-0.39, 0.29) is 17.5 Å². The Morgan fingerprint density at radius 3 is 2.27 bits per heavy atom. The van der Waals surface area contributed by atoms with E-state index >= 15 is 0 Å². The van der Waals surface area contributed by atoms with Gasteiger partial charge in [0.2, 0.25) is 0 Å². The molecule has 0 heterocycles. The molecular weight excluding hydrogens is 212 g/mol. The Kier molecular flexibility index (Phi) is 4.17.